The van der Waals surface area contributed by atoms with E-state index in [1.165, 1.54) is 0 Å². The van der Waals surface area contributed by atoms with E-state index in [4.69, 9.17) is 71.0 Å². The van der Waals surface area contributed by atoms with E-state index in [0.29, 0.717) is 0 Å². The molecule has 0 fully saturated rings. The third-order valence-electron chi connectivity index (χ3n) is 0. The van der Waals surface area contributed by atoms with E-state index in [1.54, 1.807) is 0 Å². The first-order valence-corrected chi connectivity index (χ1v) is 10.9. The molecule has 0 amide bonds. The summed E-state index contributed by atoms with van der Waals surface area (Å²) in [6, 6.07) is 0. The molecule has 0 heterocycles. The first-order chi connectivity index (χ1) is 2.65. The quantitative estimate of drug-likeness (QED) is 0.601. The van der Waals surface area contributed by atoms with Gasteiger partial charge in [0.15, 0.2) is 0 Å². The summed E-state index contributed by atoms with van der Waals surface area (Å²) in [7, 11) is 35.2. The van der Waals surface area contributed by atoms with E-state index in [9.17, 15) is 0 Å². The van der Waals surface area contributed by atoms with Crippen LogP contribution in [0.1, 0.15) is 0 Å². The van der Waals surface area contributed by atoms with Gasteiger partial charge in [-0.15, -0.1) is 0 Å². The predicted molar refractivity (Wildman–Crippen MR) is 41.0 cm³/mol. The average Bonchev–Trinajstić information content (AvgIpc) is 0.544. The van der Waals surface area contributed by atoms with E-state index in [-0.39, 0.29) is 0 Å². The zero-order chi connectivity index (χ0) is 7.38. The van der Waals surface area contributed by atoms with Crippen LogP contribution in [-0.2, 0) is 3.18 Å². The zero-order valence-corrected chi connectivity index (χ0v) is 9.31. The van der Waals surface area contributed by atoms with Gasteiger partial charge in [0.25, 0.3) is 0 Å². The van der Waals surface area contributed by atoms with Crippen molar-refractivity contribution in [2.24, 2.45) is 0 Å². The van der Waals surface area contributed by atoms with Gasteiger partial charge in [-0.25, -0.2) is 0 Å². The fraction of sp³-hybridized carbons (Fsp3) is 0. The summed E-state index contributed by atoms with van der Waals surface area (Å²) < 4.78 is -5.92. The summed E-state index contributed by atoms with van der Waals surface area (Å²) in [6.45, 7) is 0. The summed E-state index contributed by atoms with van der Waals surface area (Å²) in [5.41, 5.74) is 0. The molecule has 0 aromatic carbocycles. The van der Waals surface area contributed by atoms with Crippen LogP contribution >= 0.6 is 71.0 Å². The van der Waals surface area contributed by atoms with Crippen molar-refractivity contribution in [3.63, 3.8) is 0 Å². The van der Waals surface area contributed by atoms with Gasteiger partial charge >= 0.3 is 74.2 Å². The maximum atomic E-state index is 5.02. The molecule has 0 aliphatic rings. The molecule has 0 aliphatic carbocycles. The Balaban J connectivity index is 5.14. The van der Waals surface area contributed by atoms with Crippen molar-refractivity contribution < 1.29 is 3.18 Å². The van der Waals surface area contributed by atoms with Crippen LogP contribution in [0.2, 0.25) is 0 Å². The van der Waals surface area contributed by atoms with Crippen LogP contribution in [0.4, 0.5) is 0 Å². The van der Waals surface area contributed by atoms with E-state index >= 15 is 0 Å². The molecular weight excluding hydrogens is 307 g/mol. The van der Waals surface area contributed by atoms with Crippen LogP contribution in [0.15, 0.2) is 0 Å². The SMILES string of the molecule is [Cl][Co]([Cl])([Cl])([Cl])([Cl])([Cl])[Cl]. The Kier molecular flexibility index (Phi) is 1.65. The molecule has 0 N–H and O–H groups in total. The zero-order valence-electron chi connectivity index (χ0n) is 2.98. The Bertz CT molecular complexity index is 96.6. The molecule has 0 atom stereocenters. The van der Waals surface area contributed by atoms with Crippen molar-refractivity contribution in [2.75, 3.05) is 0 Å². The van der Waals surface area contributed by atoms with Gasteiger partial charge in [0.2, 0.25) is 0 Å². The predicted octanol–water partition coefficient (Wildman–Crippen LogP) is 4.82. The Morgan fingerprint density at radius 3 is 0.500 bits per heavy atom. The molecular formula is Cl7Co. The Labute approximate surface area is 73.3 Å². The number of hydrogen-bond donors (Lipinski definition) is 0. The van der Waals surface area contributed by atoms with Crippen molar-refractivity contribution >= 4 is 71.0 Å². The van der Waals surface area contributed by atoms with Crippen LogP contribution in [0.3, 0.4) is 0 Å². The van der Waals surface area contributed by atoms with E-state index in [2.05, 4.69) is 0 Å². The van der Waals surface area contributed by atoms with Gasteiger partial charge in [-0.1, -0.05) is 0 Å². The Hall–Kier alpha value is 2.54. The van der Waals surface area contributed by atoms with Gasteiger partial charge in [-0.2, -0.15) is 0 Å². The van der Waals surface area contributed by atoms with Crippen molar-refractivity contribution in [3.05, 3.63) is 0 Å². The first kappa shape index (κ1) is 10.5. The van der Waals surface area contributed by atoms with Crippen LogP contribution in [-0.4, -0.2) is 0 Å². The first-order valence-electron chi connectivity index (χ1n) is 0.882. The molecule has 0 bridgehead atoms. The molecule has 0 spiro atoms. The number of halogens is 7. The molecule has 0 saturated heterocycles. The Morgan fingerprint density at radius 2 is 0.500 bits per heavy atom. The molecule has 0 rings (SSSR count). The summed E-state index contributed by atoms with van der Waals surface area (Å²) in [5, 5.41) is 0. The van der Waals surface area contributed by atoms with Gasteiger partial charge in [0.1, 0.15) is 0 Å². The minimum atomic E-state index is -5.92. The fourth-order valence-electron chi connectivity index (χ4n) is 0. The summed E-state index contributed by atoms with van der Waals surface area (Å²) >= 11 is 0. The number of rotatable bonds is 0. The summed E-state index contributed by atoms with van der Waals surface area (Å²) in [6.07, 6.45) is 0. The van der Waals surface area contributed by atoms with Crippen LogP contribution in [0.5, 0.6) is 0 Å². The van der Waals surface area contributed by atoms with Crippen molar-refractivity contribution in [3.8, 4) is 0 Å². The summed E-state index contributed by atoms with van der Waals surface area (Å²) in [5.74, 6) is 0. The van der Waals surface area contributed by atoms with Crippen molar-refractivity contribution in [2.45, 2.75) is 0 Å². The van der Waals surface area contributed by atoms with Gasteiger partial charge < -0.3 is 0 Å². The van der Waals surface area contributed by atoms with Crippen LogP contribution < -0.4 is 0 Å². The second kappa shape index (κ2) is 1.25. The number of hydrogen-bond acceptors (Lipinski definition) is 0. The third kappa shape index (κ3) is 75.4. The monoisotopic (exact) mass is 304 g/mol. The normalized spacial score (nSPS) is 27.1. The maximum absolute atomic E-state index is 5.92. The van der Waals surface area contributed by atoms with Crippen molar-refractivity contribution in [1.29, 1.82) is 0 Å². The summed E-state index contributed by atoms with van der Waals surface area (Å²) in [4.78, 5) is 0. The fourth-order valence-corrected chi connectivity index (χ4v) is 0. The minimum absolute atomic E-state index is 5.02. The molecule has 8 heavy (non-hydrogen) atoms. The van der Waals surface area contributed by atoms with Gasteiger partial charge in [-0.05, 0) is 0 Å². The molecule has 58 valence electrons. The topological polar surface area (TPSA) is 0 Å². The molecule has 0 aromatic heterocycles. The van der Waals surface area contributed by atoms with Crippen LogP contribution in [0, 0.1) is 0 Å². The molecule has 0 radical (unpaired) electrons. The molecule has 0 saturated carbocycles. The average molecular weight is 307 g/mol. The van der Waals surface area contributed by atoms with Crippen molar-refractivity contribution in [1.82, 2.24) is 0 Å². The van der Waals surface area contributed by atoms with Gasteiger partial charge in [-0.3, -0.25) is 0 Å². The molecule has 8 heteroatoms. The second-order valence-corrected chi connectivity index (χ2v) is 37.1. The Morgan fingerprint density at radius 1 is 0.500 bits per heavy atom. The van der Waals surface area contributed by atoms with E-state index in [1.807, 2.05) is 0 Å². The van der Waals surface area contributed by atoms with E-state index < -0.39 is 3.18 Å². The molecule has 0 unspecified atom stereocenters. The third-order valence-corrected chi connectivity index (χ3v) is 0. The molecule has 0 nitrogen and oxygen atoms in total. The van der Waals surface area contributed by atoms with E-state index in [0.717, 1.165) is 0 Å². The molecule has 0 aromatic rings. The second-order valence-electron chi connectivity index (χ2n) is 1.000. The molecule has 0 aliphatic heterocycles. The van der Waals surface area contributed by atoms with Gasteiger partial charge in [0, 0.05) is 0 Å². The standard InChI is InChI=1S/7ClH.Co/h7*1H;/q;;;;;;;+7/p-7. The van der Waals surface area contributed by atoms with Crippen LogP contribution in [0.25, 0.3) is 0 Å². The van der Waals surface area contributed by atoms with Gasteiger partial charge in [0.05, 0.1) is 0 Å².